The van der Waals surface area contributed by atoms with Crippen molar-refractivity contribution in [3.05, 3.63) is 30.3 Å². The monoisotopic (exact) mass is 316 g/mol. The van der Waals surface area contributed by atoms with Crippen molar-refractivity contribution in [3.8, 4) is 0 Å². The highest BCUT2D eigenvalue weighted by Crippen LogP contribution is 2.25. The second-order valence-corrected chi connectivity index (χ2v) is 6.97. The molecule has 1 saturated heterocycles. The Bertz CT molecular complexity index is 628. The lowest BCUT2D eigenvalue weighted by Crippen LogP contribution is -2.47. The van der Waals surface area contributed by atoms with Crippen molar-refractivity contribution in [1.82, 2.24) is 25.0 Å². The molecule has 7 heteroatoms. The SMILES string of the molecule is CC(c1nc(C(C)(C)C)no1)N1CCN(c2cnccn2)CC1. The van der Waals surface area contributed by atoms with Gasteiger partial charge < -0.3 is 9.42 Å². The Labute approximate surface area is 136 Å². The van der Waals surface area contributed by atoms with Crippen molar-refractivity contribution in [2.45, 2.75) is 39.2 Å². The van der Waals surface area contributed by atoms with E-state index in [0.717, 1.165) is 37.8 Å². The molecule has 2 aromatic heterocycles. The number of hydrogen-bond acceptors (Lipinski definition) is 7. The third-order valence-electron chi connectivity index (χ3n) is 4.21. The molecule has 0 bridgehead atoms. The van der Waals surface area contributed by atoms with E-state index in [0.29, 0.717) is 5.89 Å². The van der Waals surface area contributed by atoms with E-state index in [-0.39, 0.29) is 11.5 Å². The smallest absolute Gasteiger partial charge is 0.243 e. The van der Waals surface area contributed by atoms with Crippen LogP contribution in [-0.2, 0) is 5.41 Å². The fourth-order valence-corrected chi connectivity index (χ4v) is 2.66. The summed E-state index contributed by atoms with van der Waals surface area (Å²) < 4.78 is 5.48. The van der Waals surface area contributed by atoms with Gasteiger partial charge in [-0.2, -0.15) is 4.98 Å². The lowest BCUT2D eigenvalue weighted by Gasteiger charge is -2.37. The fraction of sp³-hybridized carbons (Fsp3) is 0.625. The van der Waals surface area contributed by atoms with Crippen molar-refractivity contribution in [3.63, 3.8) is 0 Å². The van der Waals surface area contributed by atoms with Gasteiger partial charge >= 0.3 is 0 Å². The molecule has 3 heterocycles. The molecule has 1 atom stereocenters. The minimum absolute atomic E-state index is 0.0911. The molecule has 23 heavy (non-hydrogen) atoms. The van der Waals surface area contributed by atoms with Gasteiger partial charge in [-0.3, -0.25) is 9.88 Å². The lowest BCUT2D eigenvalue weighted by molar-refractivity contribution is 0.164. The van der Waals surface area contributed by atoms with Crippen LogP contribution in [0.2, 0.25) is 0 Å². The topological polar surface area (TPSA) is 71.2 Å². The molecule has 1 fully saturated rings. The fourth-order valence-electron chi connectivity index (χ4n) is 2.66. The number of rotatable bonds is 3. The molecule has 0 spiro atoms. The van der Waals surface area contributed by atoms with Crippen molar-refractivity contribution < 1.29 is 4.52 Å². The molecule has 0 saturated carbocycles. The molecule has 0 N–H and O–H groups in total. The summed E-state index contributed by atoms with van der Waals surface area (Å²) in [6.45, 7) is 12.1. The maximum Gasteiger partial charge on any atom is 0.243 e. The standard InChI is InChI=1S/C16H24N6O/c1-12(14-19-15(20-23-14)16(2,3)4)21-7-9-22(10-8-21)13-11-17-5-6-18-13/h5-6,11-12H,7-10H2,1-4H3. The van der Waals surface area contributed by atoms with Gasteiger partial charge in [-0.15, -0.1) is 0 Å². The molecule has 0 amide bonds. The molecule has 124 valence electrons. The average molecular weight is 316 g/mol. The van der Waals surface area contributed by atoms with Crippen LogP contribution < -0.4 is 4.90 Å². The first-order valence-corrected chi connectivity index (χ1v) is 8.04. The predicted octanol–water partition coefficient (Wildman–Crippen LogP) is 2.04. The maximum atomic E-state index is 5.48. The minimum atomic E-state index is -0.0911. The molecule has 1 aliphatic rings. The van der Waals surface area contributed by atoms with Gasteiger partial charge in [-0.05, 0) is 6.92 Å². The third-order valence-corrected chi connectivity index (χ3v) is 4.21. The molecule has 3 rings (SSSR count). The quantitative estimate of drug-likeness (QED) is 0.858. The van der Waals surface area contributed by atoms with E-state index in [4.69, 9.17) is 4.52 Å². The van der Waals surface area contributed by atoms with Crippen LogP contribution in [0, 0.1) is 0 Å². The molecule has 0 aliphatic carbocycles. The highest BCUT2D eigenvalue weighted by molar-refractivity contribution is 5.35. The van der Waals surface area contributed by atoms with Crippen LogP contribution in [0.4, 0.5) is 5.82 Å². The van der Waals surface area contributed by atoms with Crippen molar-refractivity contribution in [2.24, 2.45) is 0 Å². The minimum Gasteiger partial charge on any atom is -0.353 e. The van der Waals surface area contributed by atoms with Crippen LogP contribution in [0.15, 0.2) is 23.1 Å². The van der Waals surface area contributed by atoms with Crippen LogP contribution >= 0.6 is 0 Å². The Morgan fingerprint density at radius 2 is 1.87 bits per heavy atom. The van der Waals surface area contributed by atoms with Crippen LogP contribution in [0.3, 0.4) is 0 Å². The van der Waals surface area contributed by atoms with Gasteiger partial charge in [0.15, 0.2) is 5.82 Å². The summed E-state index contributed by atoms with van der Waals surface area (Å²) in [7, 11) is 0. The van der Waals surface area contributed by atoms with Gasteiger partial charge in [0, 0.05) is 44.0 Å². The maximum absolute atomic E-state index is 5.48. The van der Waals surface area contributed by atoms with Crippen LogP contribution in [-0.4, -0.2) is 51.2 Å². The molecule has 0 aromatic carbocycles. The molecule has 2 aromatic rings. The zero-order chi connectivity index (χ0) is 16.4. The normalized spacial score (nSPS) is 18.2. The van der Waals surface area contributed by atoms with Gasteiger partial charge in [0.2, 0.25) is 5.89 Å². The summed E-state index contributed by atoms with van der Waals surface area (Å²) in [5, 5.41) is 4.12. The average Bonchev–Trinajstić information content (AvgIpc) is 3.05. The van der Waals surface area contributed by atoms with Crippen LogP contribution in [0.5, 0.6) is 0 Å². The summed E-state index contributed by atoms with van der Waals surface area (Å²) in [5.74, 6) is 2.40. The molecule has 1 unspecified atom stereocenters. The summed E-state index contributed by atoms with van der Waals surface area (Å²) in [6.07, 6.45) is 5.24. The van der Waals surface area contributed by atoms with Gasteiger partial charge in [0.1, 0.15) is 5.82 Å². The molecule has 0 radical (unpaired) electrons. The number of anilines is 1. The Kier molecular flexibility index (Phi) is 4.30. The van der Waals surface area contributed by atoms with E-state index in [1.54, 1.807) is 12.4 Å². The second-order valence-electron chi connectivity index (χ2n) is 6.97. The van der Waals surface area contributed by atoms with Crippen molar-refractivity contribution in [1.29, 1.82) is 0 Å². The number of aromatic nitrogens is 4. The number of piperazine rings is 1. The van der Waals surface area contributed by atoms with E-state index >= 15 is 0 Å². The lowest BCUT2D eigenvalue weighted by atomic mass is 9.96. The number of nitrogens with zero attached hydrogens (tertiary/aromatic N) is 6. The van der Waals surface area contributed by atoms with Gasteiger partial charge in [-0.25, -0.2) is 4.98 Å². The van der Waals surface area contributed by atoms with Gasteiger partial charge in [0.25, 0.3) is 0 Å². The Balaban J connectivity index is 1.62. The van der Waals surface area contributed by atoms with E-state index in [9.17, 15) is 0 Å². The Hall–Kier alpha value is -2.02. The highest BCUT2D eigenvalue weighted by Gasteiger charge is 2.28. The second kappa shape index (κ2) is 6.23. The zero-order valence-electron chi connectivity index (χ0n) is 14.2. The molecule has 7 nitrogen and oxygen atoms in total. The summed E-state index contributed by atoms with van der Waals surface area (Å²) in [6, 6.07) is 0.127. The zero-order valence-corrected chi connectivity index (χ0v) is 14.2. The summed E-state index contributed by atoms with van der Waals surface area (Å²) >= 11 is 0. The summed E-state index contributed by atoms with van der Waals surface area (Å²) in [5.41, 5.74) is -0.0911. The van der Waals surface area contributed by atoms with Crippen molar-refractivity contribution in [2.75, 3.05) is 31.1 Å². The van der Waals surface area contributed by atoms with Crippen molar-refractivity contribution >= 4 is 5.82 Å². The van der Waals surface area contributed by atoms with E-state index in [1.807, 2.05) is 6.20 Å². The van der Waals surface area contributed by atoms with E-state index in [2.05, 4.69) is 57.6 Å². The highest BCUT2D eigenvalue weighted by atomic mass is 16.5. The Morgan fingerprint density at radius 3 is 2.43 bits per heavy atom. The largest absolute Gasteiger partial charge is 0.353 e. The first-order valence-electron chi connectivity index (χ1n) is 8.04. The number of hydrogen-bond donors (Lipinski definition) is 0. The first-order chi connectivity index (χ1) is 10.9. The van der Waals surface area contributed by atoms with E-state index in [1.165, 1.54) is 0 Å². The van der Waals surface area contributed by atoms with E-state index < -0.39 is 0 Å². The summed E-state index contributed by atoms with van der Waals surface area (Å²) in [4.78, 5) is 17.7. The molecular weight excluding hydrogens is 292 g/mol. The Morgan fingerprint density at radius 1 is 1.13 bits per heavy atom. The van der Waals surface area contributed by atoms with Crippen LogP contribution in [0.1, 0.15) is 45.5 Å². The molecule has 1 aliphatic heterocycles. The third kappa shape index (κ3) is 3.50. The first kappa shape index (κ1) is 15.9. The predicted molar refractivity (Wildman–Crippen MR) is 87.2 cm³/mol. The van der Waals surface area contributed by atoms with Crippen LogP contribution in [0.25, 0.3) is 0 Å². The van der Waals surface area contributed by atoms with Gasteiger partial charge in [-0.1, -0.05) is 25.9 Å². The van der Waals surface area contributed by atoms with Gasteiger partial charge in [0.05, 0.1) is 12.2 Å². The molecular formula is C16H24N6O.